The molecule has 0 radical (unpaired) electrons. The molecule has 140 valence electrons. The lowest BCUT2D eigenvalue weighted by atomic mass is 9.91. The molecule has 2 atom stereocenters. The molecule has 5 nitrogen and oxygen atoms in total. The lowest BCUT2D eigenvalue weighted by Crippen LogP contribution is -2.45. The second-order valence-corrected chi connectivity index (χ2v) is 7.76. The van der Waals surface area contributed by atoms with Gasteiger partial charge in [-0.05, 0) is 37.8 Å². The summed E-state index contributed by atoms with van der Waals surface area (Å²) >= 11 is 0. The van der Waals surface area contributed by atoms with Crippen LogP contribution in [0.15, 0.2) is 24.3 Å². The summed E-state index contributed by atoms with van der Waals surface area (Å²) < 4.78 is 0. The topological polar surface area (TPSA) is 75.4 Å². The lowest BCUT2D eigenvalue weighted by molar-refractivity contribution is -0.123. The third-order valence-electron chi connectivity index (χ3n) is 4.58. The Morgan fingerprint density at radius 3 is 2.52 bits per heavy atom. The highest BCUT2D eigenvalue weighted by Gasteiger charge is 2.28. The van der Waals surface area contributed by atoms with Crippen molar-refractivity contribution in [2.45, 2.75) is 46.6 Å². The number of nitrogens with one attached hydrogen (secondary N) is 1. The quantitative estimate of drug-likeness (QED) is 0.860. The van der Waals surface area contributed by atoms with Crippen LogP contribution in [-0.4, -0.2) is 35.8 Å². The van der Waals surface area contributed by atoms with Crippen LogP contribution in [0.3, 0.4) is 0 Å². The monoisotopic (exact) mass is 367 g/mol. The van der Waals surface area contributed by atoms with Crippen LogP contribution in [0.25, 0.3) is 0 Å². The average Bonchev–Trinajstić information content (AvgIpc) is 2.54. The predicted octanol–water partition coefficient (Wildman–Crippen LogP) is 3.29. The van der Waals surface area contributed by atoms with Gasteiger partial charge in [0.1, 0.15) is 0 Å². The number of hydrogen-bond donors (Lipinski definition) is 2. The van der Waals surface area contributed by atoms with Gasteiger partial charge in [0.15, 0.2) is 0 Å². The number of nitrogens with zero attached hydrogens (tertiary/aromatic N) is 1. The number of amides is 2. The number of para-hydroxylation sites is 1. The van der Waals surface area contributed by atoms with E-state index >= 15 is 0 Å². The molecule has 0 bridgehead atoms. The van der Waals surface area contributed by atoms with E-state index in [0.717, 1.165) is 19.4 Å². The molecule has 0 spiro atoms. The molecule has 2 unspecified atom stereocenters. The zero-order valence-corrected chi connectivity index (χ0v) is 16.4. The normalized spacial score (nSPS) is 18.9. The van der Waals surface area contributed by atoms with Gasteiger partial charge in [-0.1, -0.05) is 32.9 Å². The molecule has 0 aromatic heterocycles. The molecule has 1 aliphatic heterocycles. The largest absolute Gasteiger partial charge is 0.338 e. The second-order valence-electron chi connectivity index (χ2n) is 7.76. The SMILES string of the molecule is CC(N)C1CCCN(C(=O)c2ccccc2NC(=O)C(C)(C)C)C1.Cl. The first kappa shape index (κ1) is 21.5. The van der Waals surface area contributed by atoms with Gasteiger partial charge < -0.3 is 16.0 Å². The molecule has 0 saturated carbocycles. The zero-order valence-electron chi connectivity index (χ0n) is 15.5. The van der Waals surface area contributed by atoms with E-state index in [1.807, 2.05) is 44.7 Å². The number of likely N-dealkylation sites (tertiary alicyclic amines) is 1. The smallest absolute Gasteiger partial charge is 0.255 e. The van der Waals surface area contributed by atoms with Gasteiger partial charge in [-0.3, -0.25) is 9.59 Å². The van der Waals surface area contributed by atoms with Crippen molar-refractivity contribution in [3.8, 4) is 0 Å². The van der Waals surface area contributed by atoms with E-state index in [2.05, 4.69) is 5.32 Å². The van der Waals surface area contributed by atoms with Gasteiger partial charge in [-0.2, -0.15) is 0 Å². The van der Waals surface area contributed by atoms with Gasteiger partial charge in [0.05, 0.1) is 11.3 Å². The lowest BCUT2D eigenvalue weighted by Gasteiger charge is -2.35. The summed E-state index contributed by atoms with van der Waals surface area (Å²) in [6.07, 6.45) is 2.03. The summed E-state index contributed by atoms with van der Waals surface area (Å²) in [6.45, 7) is 8.97. The van der Waals surface area contributed by atoms with Crippen molar-refractivity contribution < 1.29 is 9.59 Å². The minimum atomic E-state index is -0.513. The first-order valence-electron chi connectivity index (χ1n) is 8.65. The fraction of sp³-hybridized carbons (Fsp3) is 0.579. The Morgan fingerprint density at radius 1 is 1.28 bits per heavy atom. The molecule has 1 aliphatic rings. The van der Waals surface area contributed by atoms with Crippen molar-refractivity contribution in [2.24, 2.45) is 17.1 Å². The Hall–Kier alpha value is -1.59. The van der Waals surface area contributed by atoms with E-state index < -0.39 is 5.41 Å². The number of carbonyl (C=O) groups excluding carboxylic acids is 2. The van der Waals surface area contributed by atoms with Crippen LogP contribution in [0.2, 0.25) is 0 Å². The molecule has 6 heteroatoms. The van der Waals surface area contributed by atoms with Crippen LogP contribution < -0.4 is 11.1 Å². The fourth-order valence-electron chi connectivity index (χ4n) is 2.88. The first-order chi connectivity index (χ1) is 11.2. The van der Waals surface area contributed by atoms with E-state index in [0.29, 0.717) is 23.7 Å². The van der Waals surface area contributed by atoms with Crippen LogP contribution in [0.4, 0.5) is 5.69 Å². The summed E-state index contributed by atoms with van der Waals surface area (Å²) in [4.78, 5) is 27.1. The molecule has 1 aromatic rings. The maximum atomic E-state index is 13.0. The van der Waals surface area contributed by atoms with Crippen LogP contribution in [0, 0.1) is 11.3 Å². The number of carbonyl (C=O) groups is 2. The summed E-state index contributed by atoms with van der Waals surface area (Å²) in [5.74, 6) is 0.194. The van der Waals surface area contributed by atoms with E-state index in [9.17, 15) is 9.59 Å². The van der Waals surface area contributed by atoms with Crippen molar-refractivity contribution >= 4 is 29.9 Å². The Morgan fingerprint density at radius 2 is 1.92 bits per heavy atom. The van der Waals surface area contributed by atoms with Crippen molar-refractivity contribution in [3.63, 3.8) is 0 Å². The summed E-state index contributed by atoms with van der Waals surface area (Å²) in [6, 6.07) is 7.29. The number of halogens is 1. The number of hydrogen-bond acceptors (Lipinski definition) is 3. The Labute approximate surface area is 156 Å². The van der Waals surface area contributed by atoms with E-state index in [-0.39, 0.29) is 30.3 Å². The van der Waals surface area contributed by atoms with Gasteiger partial charge in [0, 0.05) is 24.5 Å². The van der Waals surface area contributed by atoms with Crippen molar-refractivity contribution in [3.05, 3.63) is 29.8 Å². The highest BCUT2D eigenvalue weighted by Crippen LogP contribution is 2.25. The van der Waals surface area contributed by atoms with E-state index in [4.69, 9.17) is 5.73 Å². The summed E-state index contributed by atoms with van der Waals surface area (Å²) in [5.41, 5.74) is 6.62. The van der Waals surface area contributed by atoms with Crippen LogP contribution in [0.5, 0.6) is 0 Å². The molecular weight excluding hydrogens is 338 g/mol. The molecule has 2 amide bonds. The Kier molecular flexibility index (Phi) is 7.44. The molecule has 0 aliphatic carbocycles. The molecular formula is C19H30ClN3O2. The van der Waals surface area contributed by atoms with Crippen LogP contribution in [0.1, 0.15) is 50.9 Å². The predicted molar refractivity (Wildman–Crippen MR) is 104 cm³/mol. The minimum Gasteiger partial charge on any atom is -0.338 e. The van der Waals surface area contributed by atoms with Gasteiger partial charge in [-0.15, -0.1) is 12.4 Å². The highest BCUT2D eigenvalue weighted by atomic mass is 35.5. The Bertz CT molecular complexity index is 611. The zero-order chi connectivity index (χ0) is 17.9. The third-order valence-corrected chi connectivity index (χ3v) is 4.58. The molecule has 1 aromatic carbocycles. The summed E-state index contributed by atoms with van der Waals surface area (Å²) in [5, 5.41) is 2.89. The van der Waals surface area contributed by atoms with Crippen molar-refractivity contribution in [1.82, 2.24) is 4.90 Å². The molecule has 25 heavy (non-hydrogen) atoms. The summed E-state index contributed by atoms with van der Waals surface area (Å²) in [7, 11) is 0. The van der Waals surface area contributed by atoms with Gasteiger partial charge in [0.25, 0.3) is 5.91 Å². The Balaban J connectivity index is 0.00000312. The van der Waals surface area contributed by atoms with Crippen LogP contribution in [-0.2, 0) is 4.79 Å². The fourth-order valence-corrected chi connectivity index (χ4v) is 2.88. The molecule has 1 heterocycles. The van der Waals surface area contributed by atoms with E-state index in [1.165, 1.54) is 0 Å². The molecule has 1 fully saturated rings. The number of benzene rings is 1. The molecule has 1 saturated heterocycles. The third kappa shape index (κ3) is 5.44. The van der Waals surface area contributed by atoms with Gasteiger partial charge in [-0.25, -0.2) is 0 Å². The van der Waals surface area contributed by atoms with Gasteiger partial charge in [0.2, 0.25) is 5.91 Å². The van der Waals surface area contributed by atoms with Crippen molar-refractivity contribution in [2.75, 3.05) is 18.4 Å². The van der Waals surface area contributed by atoms with Gasteiger partial charge >= 0.3 is 0 Å². The molecule has 2 rings (SSSR count). The molecule has 3 N–H and O–H groups in total. The first-order valence-corrected chi connectivity index (χ1v) is 8.65. The average molecular weight is 368 g/mol. The minimum absolute atomic E-state index is 0. The number of rotatable bonds is 3. The number of piperidine rings is 1. The maximum absolute atomic E-state index is 13.0. The highest BCUT2D eigenvalue weighted by molar-refractivity contribution is 6.04. The maximum Gasteiger partial charge on any atom is 0.255 e. The second kappa shape index (κ2) is 8.68. The van der Waals surface area contributed by atoms with Crippen LogP contribution >= 0.6 is 12.4 Å². The number of nitrogens with two attached hydrogens (primary N) is 1. The number of anilines is 1. The van der Waals surface area contributed by atoms with Crippen molar-refractivity contribution in [1.29, 1.82) is 0 Å². The standard InChI is InChI=1S/C19H29N3O2.ClH/c1-13(20)14-8-7-11-22(12-14)17(23)15-9-5-6-10-16(15)21-18(24)19(2,3)4;/h5-6,9-10,13-14H,7-8,11-12,20H2,1-4H3,(H,21,24);1H. The van der Waals surface area contributed by atoms with E-state index in [1.54, 1.807) is 12.1 Å².